The number of nitrogens with one attached hydrogen (secondary N) is 1. The first-order chi connectivity index (χ1) is 14.0. The van der Waals surface area contributed by atoms with Crippen molar-refractivity contribution in [3.05, 3.63) is 35.4 Å². The summed E-state index contributed by atoms with van der Waals surface area (Å²) in [5.41, 5.74) is 2.83. The largest absolute Gasteiger partial charge is 0.370 e. The summed E-state index contributed by atoms with van der Waals surface area (Å²) in [6.07, 6.45) is 6.07. The van der Waals surface area contributed by atoms with Crippen molar-refractivity contribution in [1.82, 2.24) is 10.2 Å². The summed E-state index contributed by atoms with van der Waals surface area (Å²) in [4.78, 5) is 14.7. The van der Waals surface area contributed by atoms with Crippen LogP contribution in [0.1, 0.15) is 69.4 Å². The zero-order valence-electron chi connectivity index (χ0n) is 18.0. The third-order valence-electron chi connectivity index (χ3n) is 6.88. The van der Waals surface area contributed by atoms with Crippen molar-refractivity contribution < 1.29 is 14.3 Å². The van der Waals surface area contributed by atoms with Crippen LogP contribution in [0.5, 0.6) is 0 Å². The molecular formula is C24H36N2O3. The lowest BCUT2D eigenvalue weighted by atomic mass is 9.88. The van der Waals surface area contributed by atoms with Crippen molar-refractivity contribution in [2.45, 2.75) is 82.6 Å². The van der Waals surface area contributed by atoms with Gasteiger partial charge < -0.3 is 14.8 Å². The second-order valence-electron chi connectivity index (χ2n) is 9.38. The van der Waals surface area contributed by atoms with Gasteiger partial charge in [-0.25, -0.2) is 0 Å². The number of hydrogen-bond donors (Lipinski definition) is 1. The van der Waals surface area contributed by atoms with E-state index >= 15 is 0 Å². The standard InChI is InChI=1S/C24H36N2O3/c1-18(2)20-7-5-19(6-8-20)17-26-13-11-24(12-14-26)10-9-21(29-24)16-25-23(27)22-4-3-15-28-22/h5-8,18,21-22H,3-4,9-17H2,1-2H3,(H,25,27). The molecule has 0 saturated carbocycles. The van der Waals surface area contributed by atoms with Crippen LogP contribution in [0.15, 0.2) is 24.3 Å². The molecule has 3 heterocycles. The number of hydrogen-bond acceptors (Lipinski definition) is 4. The van der Waals surface area contributed by atoms with Gasteiger partial charge in [-0.1, -0.05) is 38.1 Å². The highest BCUT2D eigenvalue weighted by atomic mass is 16.5. The van der Waals surface area contributed by atoms with E-state index in [0.717, 1.165) is 58.2 Å². The first kappa shape index (κ1) is 20.8. The van der Waals surface area contributed by atoms with Crippen molar-refractivity contribution >= 4 is 5.91 Å². The average molecular weight is 401 g/mol. The van der Waals surface area contributed by atoms with E-state index in [2.05, 4.69) is 48.3 Å². The Labute approximate surface area is 175 Å². The summed E-state index contributed by atoms with van der Waals surface area (Å²) in [7, 11) is 0. The van der Waals surface area contributed by atoms with Crippen molar-refractivity contribution in [2.75, 3.05) is 26.2 Å². The molecule has 5 heteroatoms. The van der Waals surface area contributed by atoms with Crippen molar-refractivity contribution in [3.63, 3.8) is 0 Å². The average Bonchev–Trinajstić information content (AvgIpc) is 3.39. The summed E-state index contributed by atoms with van der Waals surface area (Å²) >= 11 is 0. The van der Waals surface area contributed by atoms with E-state index in [1.807, 2.05) is 0 Å². The zero-order valence-corrected chi connectivity index (χ0v) is 18.0. The Morgan fingerprint density at radius 2 is 1.93 bits per heavy atom. The molecule has 1 aromatic rings. The third kappa shape index (κ3) is 5.19. The number of carbonyl (C=O) groups excluding carboxylic acids is 1. The fourth-order valence-electron chi connectivity index (χ4n) is 4.90. The van der Waals surface area contributed by atoms with Gasteiger partial charge >= 0.3 is 0 Å². The quantitative estimate of drug-likeness (QED) is 0.792. The van der Waals surface area contributed by atoms with Gasteiger partial charge in [0.25, 0.3) is 0 Å². The van der Waals surface area contributed by atoms with Crippen LogP contribution in [0.2, 0.25) is 0 Å². The van der Waals surface area contributed by atoms with Crippen LogP contribution >= 0.6 is 0 Å². The van der Waals surface area contributed by atoms with Gasteiger partial charge in [0, 0.05) is 32.8 Å². The van der Waals surface area contributed by atoms with Gasteiger partial charge in [0.2, 0.25) is 5.91 Å². The number of rotatable bonds is 6. The molecule has 1 amide bonds. The molecule has 0 bridgehead atoms. The van der Waals surface area contributed by atoms with E-state index < -0.39 is 0 Å². The second kappa shape index (κ2) is 9.15. The van der Waals surface area contributed by atoms with E-state index in [1.165, 1.54) is 11.1 Å². The molecule has 1 N–H and O–H groups in total. The van der Waals surface area contributed by atoms with E-state index in [0.29, 0.717) is 19.1 Å². The summed E-state index contributed by atoms with van der Waals surface area (Å²) in [5, 5.41) is 3.04. The highest BCUT2D eigenvalue weighted by Crippen LogP contribution is 2.39. The maximum atomic E-state index is 12.1. The van der Waals surface area contributed by atoms with Crippen LogP contribution in [0.3, 0.4) is 0 Å². The highest BCUT2D eigenvalue weighted by molar-refractivity contribution is 5.80. The molecule has 3 fully saturated rings. The molecule has 0 aliphatic carbocycles. The van der Waals surface area contributed by atoms with Gasteiger partial charge in [0.15, 0.2) is 0 Å². The van der Waals surface area contributed by atoms with E-state index in [4.69, 9.17) is 9.47 Å². The Kier molecular flexibility index (Phi) is 6.57. The minimum atomic E-state index is -0.247. The molecule has 29 heavy (non-hydrogen) atoms. The maximum absolute atomic E-state index is 12.1. The van der Waals surface area contributed by atoms with E-state index in [9.17, 15) is 4.79 Å². The minimum Gasteiger partial charge on any atom is -0.370 e. The zero-order chi connectivity index (χ0) is 20.3. The van der Waals surface area contributed by atoms with Gasteiger partial charge in [-0.05, 0) is 55.6 Å². The van der Waals surface area contributed by atoms with Crippen LogP contribution < -0.4 is 5.32 Å². The first-order valence-corrected chi connectivity index (χ1v) is 11.4. The highest BCUT2D eigenvalue weighted by Gasteiger charge is 2.42. The van der Waals surface area contributed by atoms with Gasteiger partial charge in [0.05, 0.1) is 11.7 Å². The number of piperidine rings is 1. The predicted molar refractivity (Wildman–Crippen MR) is 114 cm³/mol. The van der Waals surface area contributed by atoms with Gasteiger partial charge in [-0.2, -0.15) is 0 Å². The van der Waals surface area contributed by atoms with E-state index in [-0.39, 0.29) is 23.7 Å². The number of likely N-dealkylation sites (tertiary alicyclic amines) is 1. The monoisotopic (exact) mass is 400 g/mol. The lowest BCUT2D eigenvalue weighted by Crippen LogP contribution is -2.45. The Hall–Kier alpha value is -1.43. The molecule has 0 aromatic heterocycles. The molecule has 3 aliphatic rings. The number of nitrogens with zero attached hydrogens (tertiary/aromatic N) is 1. The fourth-order valence-corrected chi connectivity index (χ4v) is 4.90. The summed E-state index contributed by atoms with van der Waals surface area (Å²) in [6.45, 7) is 8.99. The Morgan fingerprint density at radius 1 is 1.17 bits per heavy atom. The molecule has 1 aromatic carbocycles. The predicted octanol–water partition coefficient (Wildman–Crippen LogP) is 3.62. The molecule has 3 saturated heterocycles. The third-order valence-corrected chi connectivity index (χ3v) is 6.88. The van der Waals surface area contributed by atoms with Crippen molar-refractivity contribution in [3.8, 4) is 0 Å². The molecule has 0 radical (unpaired) electrons. The topological polar surface area (TPSA) is 50.8 Å². The SMILES string of the molecule is CC(C)c1ccc(CN2CCC3(CCC(CNC(=O)C4CCCO4)O3)CC2)cc1. The van der Waals surface area contributed by atoms with Crippen LogP contribution in [-0.2, 0) is 20.8 Å². The Morgan fingerprint density at radius 3 is 2.59 bits per heavy atom. The lowest BCUT2D eigenvalue weighted by Gasteiger charge is -2.39. The smallest absolute Gasteiger partial charge is 0.249 e. The summed E-state index contributed by atoms with van der Waals surface area (Å²) in [6, 6.07) is 9.08. The van der Waals surface area contributed by atoms with Crippen LogP contribution in [0.25, 0.3) is 0 Å². The molecule has 3 aliphatic heterocycles. The molecule has 2 atom stereocenters. The fraction of sp³-hybridized carbons (Fsp3) is 0.708. The minimum absolute atomic E-state index is 0.0251. The molecule has 1 spiro atoms. The number of amides is 1. The molecule has 2 unspecified atom stereocenters. The normalized spacial score (nSPS) is 27.0. The summed E-state index contributed by atoms with van der Waals surface area (Å²) in [5.74, 6) is 0.618. The van der Waals surface area contributed by atoms with E-state index in [1.54, 1.807) is 0 Å². The molecule has 4 rings (SSSR count). The Bertz CT molecular complexity index is 674. The lowest BCUT2D eigenvalue weighted by molar-refractivity contribution is -0.131. The molecule has 5 nitrogen and oxygen atoms in total. The summed E-state index contributed by atoms with van der Waals surface area (Å²) < 4.78 is 11.9. The second-order valence-corrected chi connectivity index (χ2v) is 9.38. The number of benzene rings is 1. The molecular weight excluding hydrogens is 364 g/mol. The van der Waals surface area contributed by atoms with Crippen molar-refractivity contribution in [1.29, 1.82) is 0 Å². The number of ether oxygens (including phenoxy) is 2. The maximum Gasteiger partial charge on any atom is 0.249 e. The first-order valence-electron chi connectivity index (χ1n) is 11.4. The van der Waals surface area contributed by atoms with Gasteiger partial charge in [-0.15, -0.1) is 0 Å². The van der Waals surface area contributed by atoms with Crippen LogP contribution in [0.4, 0.5) is 0 Å². The number of carbonyl (C=O) groups is 1. The van der Waals surface area contributed by atoms with Crippen LogP contribution in [0, 0.1) is 0 Å². The van der Waals surface area contributed by atoms with Gasteiger partial charge in [-0.3, -0.25) is 9.69 Å². The molecule has 160 valence electrons. The van der Waals surface area contributed by atoms with Crippen LogP contribution in [-0.4, -0.2) is 54.9 Å². The van der Waals surface area contributed by atoms with Gasteiger partial charge in [0.1, 0.15) is 6.10 Å². The Balaban J connectivity index is 1.20. The van der Waals surface area contributed by atoms with Crippen molar-refractivity contribution in [2.24, 2.45) is 0 Å².